The molecule has 0 aliphatic heterocycles. The average molecular weight is 686 g/mol. The van der Waals surface area contributed by atoms with Crippen LogP contribution in [0.2, 0.25) is 0 Å². The Labute approximate surface area is 238 Å². The molecule has 0 amide bonds. The normalized spacial score (nSPS) is 15.7. The molecule has 0 atom stereocenters. The van der Waals surface area contributed by atoms with E-state index in [1.54, 1.807) is 24.6 Å². The molecule has 1 aromatic carbocycles. The summed E-state index contributed by atoms with van der Waals surface area (Å²) in [5.74, 6) is 0. The molecular weight excluding hydrogens is 635 g/mol. The SMILES string of the molecule is CCCC[P+](CCCC)(CCCC)CCCC.C[N+](C)(C)c1ccccc1.F[P-](F)(F)(F)(F)F.F[P-](F)(F)(F)(F)F. The van der Waals surface area contributed by atoms with Crippen molar-refractivity contribution >= 4 is 28.6 Å². The molecule has 0 aromatic heterocycles. The summed E-state index contributed by atoms with van der Waals surface area (Å²) in [6.45, 7) is 9.42. The summed E-state index contributed by atoms with van der Waals surface area (Å²) in [6, 6.07) is 10.5. The second-order valence-electron chi connectivity index (χ2n) is 10.9. The molecule has 0 saturated carbocycles. The number of benzene rings is 1. The van der Waals surface area contributed by atoms with Gasteiger partial charge in [0.05, 0.1) is 45.8 Å². The van der Waals surface area contributed by atoms with E-state index in [1.165, 1.54) is 57.1 Å². The van der Waals surface area contributed by atoms with Gasteiger partial charge in [0.2, 0.25) is 0 Å². The van der Waals surface area contributed by atoms with E-state index < -0.39 is 22.9 Å². The summed E-state index contributed by atoms with van der Waals surface area (Å²) in [5, 5.41) is 0. The standard InChI is InChI=1S/C16H36P.C9H14N.2F6P/c1-5-9-13-17(14-10-6-2,15-11-7-3)16-12-8-4;1-10(2,3)9-7-5-4-6-8-9;2*1-7(2,3,4,5)6/h5-16H2,1-4H3;4-8H,1-3H3;;/q2*+1;2*-1. The van der Waals surface area contributed by atoms with Gasteiger partial charge in [0, 0.05) is 7.26 Å². The molecule has 0 bridgehead atoms. The molecule has 0 unspecified atom stereocenters. The molecule has 41 heavy (non-hydrogen) atoms. The van der Waals surface area contributed by atoms with Gasteiger partial charge in [0.1, 0.15) is 5.69 Å². The number of rotatable bonds is 13. The summed E-state index contributed by atoms with van der Waals surface area (Å²) in [4.78, 5) is 0. The van der Waals surface area contributed by atoms with Crippen molar-refractivity contribution in [1.82, 2.24) is 4.48 Å². The molecule has 1 nitrogen and oxygen atoms in total. The van der Waals surface area contributed by atoms with Crippen LogP contribution in [0.4, 0.5) is 56.1 Å². The first-order valence-electron chi connectivity index (χ1n) is 13.6. The van der Waals surface area contributed by atoms with Gasteiger partial charge in [-0.2, -0.15) is 0 Å². The van der Waals surface area contributed by atoms with E-state index in [1.807, 2.05) is 6.07 Å². The zero-order chi connectivity index (χ0) is 33.4. The van der Waals surface area contributed by atoms with Gasteiger partial charge in [-0.1, -0.05) is 71.6 Å². The van der Waals surface area contributed by atoms with Crippen molar-refractivity contribution in [2.45, 2.75) is 79.1 Å². The van der Waals surface area contributed by atoms with E-state index in [-0.39, 0.29) is 0 Å². The summed E-state index contributed by atoms with van der Waals surface area (Å²) in [7, 11) is -15.4. The van der Waals surface area contributed by atoms with Gasteiger partial charge in [-0.3, -0.25) is 4.48 Å². The van der Waals surface area contributed by atoms with Crippen LogP contribution in [-0.4, -0.2) is 45.8 Å². The molecule has 0 aliphatic carbocycles. The van der Waals surface area contributed by atoms with E-state index in [0.29, 0.717) is 0 Å². The minimum atomic E-state index is -10.7. The second kappa shape index (κ2) is 15.6. The predicted molar refractivity (Wildman–Crippen MR) is 159 cm³/mol. The first-order valence-corrected chi connectivity index (χ1v) is 20.2. The topological polar surface area (TPSA) is 0 Å². The molecule has 1 aromatic rings. The van der Waals surface area contributed by atoms with Crippen molar-refractivity contribution in [2.75, 3.05) is 45.8 Å². The van der Waals surface area contributed by atoms with Gasteiger partial charge in [-0.25, -0.2) is 0 Å². The third-order valence-corrected chi connectivity index (χ3v) is 10.5. The zero-order valence-corrected chi connectivity index (χ0v) is 27.9. The Morgan fingerprint density at radius 3 is 0.854 bits per heavy atom. The number of halogens is 12. The van der Waals surface area contributed by atoms with Gasteiger partial charge >= 0.3 is 66.0 Å². The predicted octanol–water partition coefficient (Wildman–Crippen LogP) is 14.9. The minimum absolute atomic E-state index is 0.562. The fourth-order valence-corrected chi connectivity index (χ4v) is 8.81. The van der Waals surface area contributed by atoms with E-state index in [4.69, 9.17) is 0 Å². The Bertz CT molecular complexity index is 731. The Balaban J connectivity index is -0.000000510. The van der Waals surface area contributed by atoms with Crippen LogP contribution in [-0.2, 0) is 0 Å². The van der Waals surface area contributed by atoms with Crippen LogP contribution in [0.3, 0.4) is 0 Å². The van der Waals surface area contributed by atoms with Gasteiger partial charge in [0.15, 0.2) is 0 Å². The van der Waals surface area contributed by atoms with Crippen molar-refractivity contribution < 1.29 is 50.4 Å². The van der Waals surface area contributed by atoms with Crippen LogP contribution in [0, 0.1) is 0 Å². The zero-order valence-electron chi connectivity index (χ0n) is 25.2. The van der Waals surface area contributed by atoms with Crippen LogP contribution in [0.25, 0.3) is 0 Å². The Hall–Kier alpha value is -0.370. The summed E-state index contributed by atoms with van der Waals surface area (Å²) >= 11 is 0. The monoisotopic (exact) mass is 685 g/mol. The van der Waals surface area contributed by atoms with Crippen LogP contribution in [0.1, 0.15) is 79.1 Å². The number of quaternary nitrogens is 1. The maximum atomic E-state index is 9.87. The van der Waals surface area contributed by atoms with Crippen LogP contribution in [0.5, 0.6) is 0 Å². The molecule has 0 spiro atoms. The Morgan fingerprint density at radius 2 is 0.707 bits per heavy atom. The molecule has 254 valence electrons. The van der Waals surface area contributed by atoms with Crippen molar-refractivity contribution in [3.8, 4) is 0 Å². The molecule has 0 aliphatic rings. The number of hydrogen-bond donors (Lipinski definition) is 0. The molecule has 0 fully saturated rings. The Morgan fingerprint density at radius 1 is 0.488 bits per heavy atom. The van der Waals surface area contributed by atoms with Gasteiger partial charge < -0.3 is 0 Å². The van der Waals surface area contributed by atoms with Crippen molar-refractivity contribution in [3.63, 3.8) is 0 Å². The molecule has 0 radical (unpaired) electrons. The molecule has 16 heteroatoms. The summed E-state index contributed by atoms with van der Waals surface area (Å²) < 4.78 is 119. The maximum absolute atomic E-state index is 10.7. The van der Waals surface area contributed by atoms with Gasteiger partial charge in [-0.05, 0) is 37.8 Å². The molecule has 0 N–H and O–H groups in total. The quantitative estimate of drug-likeness (QED) is 0.110. The van der Waals surface area contributed by atoms with E-state index >= 15 is 0 Å². The van der Waals surface area contributed by atoms with Gasteiger partial charge in [-0.15, -0.1) is 0 Å². The first kappa shape index (κ1) is 45.1. The third kappa shape index (κ3) is 49.6. The first-order chi connectivity index (χ1) is 17.7. The van der Waals surface area contributed by atoms with Crippen molar-refractivity contribution in [1.29, 1.82) is 0 Å². The average Bonchev–Trinajstić information content (AvgIpc) is 2.74. The van der Waals surface area contributed by atoms with Crippen LogP contribution < -0.4 is 4.48 Å². The number of unbranched alkanes of at least 4 members (excludes halogenated alkanes) is 4. The number of nitrogens with zero attached hydrogens (tertiary/aromatic N) is 1. The molecule has 0 heterocycles. The molecular formula is C25H50F12NP3. The Kier molecular flexibility index (Phi) is 17.1. The van der Waals surface area contributed by atoms with Crippen molar-refractivity contribution in [2.24, 2.45) is 0 Å². The second-order valence-corrected chi connectivity index (χ2v) is 19.2. The number of para-hydroxylation sites is 1. The van der Waals surface area contributed by atoms with E-state index in [9.17, 15) is 50.4 Å². The third-order valence-electron chi connectivity index (χ3n) is 5.47. The van der Waals surface area contributed by atoms with Crippen LogP contribution in [0.15, 0.2) is 30.3 Å². The fraction of sp³-hybridized carbons (Fsp3) is 0.760. The molecule has 0 saturated heterocycles. The summed E-state index contributed by atoms with van der Waals surface area (Å²) in [6.07, 6.45) is 17.9. The van der Waals surface area contributed by atoms with Gasteiger partial charge in [0.25, 0.3) is 0 Å². The summed E-state index contributed by atoms with van der Waals surface area (Å²) in [5.41, 5.74) is 1.34. The van der Waals surface area contributed by atoms with E-state index in [0.717, 1.165) is 4.48 Å². The van der Waals surface area contributed by atoms with Crippen LogP contribution >= 0.6 is 22.9 Å². The molecule has 1 rings (SSSR count). The number of hydrogen-bond acceptors (Lipinski definition) is 0. The fourth-order valence-electron chi connectivity index (χ4n) is 3.52. The van der Waals surface area contributed by atoms with Crippen molar-refractivity contribution in [3.05, 3.63) is 30.3 Å². The van der Waals surface area contributed by atoms with E-state index in [2.05, 4.69) is 73.1 Å².